The van der Waals surface area contributed by atoms with E-state index in [1.54, 1.807) is 12.0 Å². The summed E-state index contributed by atoms with van der Waals surface area (Å²) in [5.74, 6) is -0.0788. The summed E-state index contributed by atoms with van der Waals surface area (Å²) in [6.45, 7) is 3.48. The van der Waals surface area contributed by atoms with Gasteiger partial charge in [0.2, 0.25) is 15.9 Å². The molecule has 3 rings (SSSR count). The number of fused-ring (bicyclic) bond motifs is 2. The van der Waals surface area contributed by atoms with Crippen LogP contribution in [0.2, 0.25) is 10.0 Å². The van der Waals surface area contributed by atoms with Crippen LogP contribution in [0.1, 0.15) is 32.6 Å². The van der Waals surface area contributed by atoms with Crippen molar-refractivity contribution in [2.45, 2.75) is 49.6 Å². The second-order valence-corrected chi connectivity index (χ2v) is 10.1. The van der Waals surface area contributed by atoms with Gasteiger partial charge < -0.3 is 9.64 Å². The fourth-order valence-electron chi connectivity index (χ4n) is 4.34. The first-order valence-electron chi connectivity index (χ1n) is 9.57. The maximum atomic E-state index is 13.6. The summed E-state index contributed by atoms with van der Waals surface area (Å²) in [6, 6.07) is 3.38. The quantitative estimate of drug-likeness (QED) is 0.668. The van der Waals surface area contributed by atoms with Crippen LogP contribution in [0.15, 0.2) is 23.1 Å². The van der Waals surface area contributed by atoms with E-state index in [4.69, 9.17) is 27.9 Å². The highest BCUT2D eigenvalue weighted by Crippen LogP contribution is 2.38. The van der Waals surface area contributed by atoms with Crippen LogP contribution in [-0.2, 0) is 19.6 Å². The molecular formula is C19H26Cl2N2O4S. The van der Waals surface area contributed by atoms with Gasteiger partial charge in [-0.05, 0) is 43.4 Å². The second kappa shape index (κ2) is 8.88. The number of carbonyl (C=O) groups excluding carboxylic acids is 1. The number of rotatable bonds is 6. The number of methoxy groups -OCH3 is 1. The first-order valence-corrected chi connectivity index (χ1v) is 11.8. The monoisotopic (exact) mass is 448 g/mol. The average molecular weight is 449 g/mol. The molecule has 0 unspecified atom stereocenters. The molecule has 0 aromatic heterocycles. The Labute approximate surface area is 176 Å². The molecule has 2 heterocycles. The van der Waals surface area contributed by atoms with Gasteiger partial charge >= 0.3 is 0 Å². The van der Waals surface area contributed by atoms with Gasteiger partial charge in [-0.25, -0.2) is 8.42 Å². The van der Waals surface area contributed by atoms with E-state index in [-0.39, 0.29) is 32.8 Å². The van der Waals surface area contributed by atoms with Gasteiger partial charge in [0.15, 0.2) is 0 Å². The zero-order chi connectivity index (χ0) is 20.5. The molecule has 0 spiro atoms. The molecule has 156 valence electrons. The third kappa shape index (κ3) is 4.19. The Balaban J connectivity index is 2.06. The Kier molecular flexibility index (Phi) is 6.92. The molecule has 2 aliphatic rings. The maximum Gasteiger partial charge on any atom is 0.244 e. The van der Waals surface area contributed by atoms with E-state index in [2.05, 4.69) is 0 Å². The summed E-state index contributed by atoms with van der Waals surface area (Å²) in [4.78, 5) is 15.1. The molecule has 0 radical (unpaired) electrons. The van der Waals surface area contributed by atoms with Crippen molar-refractivity contribution in [2.24, 2.45) is 5.92 Å². The van der Waals surface area contributed by atoms with Crippen LogP contribution < -0.4 is 0 Å². The van der Waals surface area contributed by atoms with Gasteiger partial charge in [0.25, 0.3) is 0 Å². The molecule has 9 heteroatoms. The lowest BCUT2D eigenvalue weighted by Gasteiger charge is -2.40. The number of hydrogen-bond acceptors (Lipinski definition) is 4. The number of nitrogens with zero attached hydrogens (tertiary/aromatic N) is 2. The fraction of sp³-hybridized carbons (Fsp3) is 0.632. The summed E-state index contributed by atoms with van der Waals surface area (Å²) in [5.41, 5.74) is 0. The molecule has 6 nitrogen and oxygen atoms in total. The highest BCUT2D eigenvalue weighted by Gasteiger charge is 2.49. The van der Waals surface area contributed by atoms with E-state index in [9.17, 15) is 13.2 Å². The second-order valence-electron chi connectivity index (χ2n) is 7.40. The van der Waals surface area contributed by atoms with E-state index in [1.165, 1.54) is 22.5 Å². The number of halogens is 2. The van der Waals surface area contributed by atoms with Crippen molar-refractivity contribution in [1.82, 2.24) is 9.21 Å². The van der Waals surface area contributed by atoms with Crippen LogP contribution >= 0.6 is 23.2 Å². The van der Waals surface area contributed by atoms with Crippen molar-refractivity contribution in [1.29, 1.82) is 0 Å². The number of piperidine rings is 1. The fourth-order valence-corrected chi connectivity index (χ4v) is 6.95. The summed E-state index contributed by atoms with van der Waals surface area (Å²) < 4.78 is 33.8. The molecule has 1 aromatic carbocycles. The molecule has 0 saturated carbocycles. The third-order valence-electron chi connectivity index (χ3n) is 5.71. The van der Waals surface area contributed by atoms with Gasteiger partial charge in [-0.15, -0.1) is 0 Å². The Bertz CT molecular complexity index is 813. The van der Waals surface area contributed by atoms with Crippen molar-refractivity contribution in [3.8, 4) is 0 Å². The molecular weight excluding hydrogens is 423 g/mol. The summed E-state index contributed by atoms with van der Waals surface area (Å²) >= 11 is 12.1. The van der Waals surface area contributed by atoms with Crippen LogP contribution in [0.5, 0.6) is 0 Å². The Morgan fingerprint density at radius 1 is 1.18 bits per heavy atom. The van der Waals surface area contributed by atoms with E-state index in [0.29, 0.717) is 26.1 Å². The predicted molar refractivity (Wildman–Crippen MR) is 109 cm³/mol. The molecule has 2 aliphatic heterocycles. The van der Waals surface area contributed by atoms with Gasteiger partial charge in [0, 0.05) is 36.3 Å². The molecule has 0 aliphatic carbocycles. The Hall–Kier alpha value is -0.860. The van der Waals surface area contributed by atoms with E-state index < -0.39 is 16.1 Å². The van der Waals surface area contributed by atoms with Crippen LogP contribution in [0.3, 0.4) is 0 Å². The van der Waals surface area contributed by atoms with Crippen molar-refractivity contribution < 1.29 is 17.9 Å². The number of ether oxygens (including phenoxy) is 1. The molecule has 1 amide bonds. The molecule has 2 saturated heterocycles. The molecule has 3 atom stereocenters. The lowest BCUT2D eigenvalue weighted by molar-refractivity contribution is -0.135. The van der Waals surface area contributed by atoms with E-state index in [1.807, 2.05) is 6.92 Å². The lowest BCUT2D eigenvalue weighted by Crippen LogP contribution is -2.54. The smallest absolute Gasteiger partial charge is 0.244 e. The van der Waals surface area contributed by atoms with Crippen molar-refractivity contribution in [3.63, 3.8) is 0 Å². The predicted octanol–water partition coefficient (Wildman–Crippen LogP) is 3.42. The van der Waals surface area contributed by atoms with Crippen molar-refractivity contribution in [2.75, 3.05) is 26.8 Å². The Morgan fingerprint density at radius 2 is 1.86 bits per heavy atom. The summed E-state index contributed by atoms with van der Waals surface area (Å²) in [7, 11) is -2.33. The SMILES string of the molecule is CC[C@@H]1CN(CCOC)C(=O)[C@@H]2CCC[C@H]1N2S(=O)(=O)c1cc(Cl)cc(Cl)c1. The van der Waals surface area contributed by atoms with Crippen LogP contribution in [0.4, 0.5) is 0 Å². The number of sulfonamides is 1. The molecule has 1 aromatic rings. The number of carbonyl (C=O) groups is 1. The molecule has 0 N–H and O–H groups in total. The lowest BCUT2D eigenvalue weighted by atomic mass is 9.89. The molecule has 28 heavy (non-hydrogen) atoms. The highest BCUT2D eigenvalue weighted by molar-refractivity contribution is 7.89. The standard InChI is InChI=1S/C19H26Cl2N2O4S/c1-3-13-12-22(7-8-27-2)19(24)18-6-4-5-17(13)23(18)28(25,26)16-10-14(20)9-15(21)11-16/h9-11,13,17-18H,3-8,12H2,1-2H3/t13-,17-,18+/m1/s1. The van der Waals surface area contributed by atoms with E-state index in [0.717, 1.165) is 19.3 Å². The first-order chi connectivity index (χ1) is 13.3. The minimum atomic E-state index is -3.92. The minimum absolute atomic E-state index is 0.0369. The normalized spacial score (nSPS) is 26.4. The third-order valence-corrected chi connectivity index (χ3v) is 8.06. The van der Waals surface area contributed by atoms with Crippen LogP contribution in [0.25, 0.3) is 0 Å². The minimum Gasteiger partial charge on any atom is -0.383 e. The van der Waals surface area contributed by atoms with E-state index >= 15 is 0 Å². The summed E-state index contributed by atoms with van der Waals surface area (Å²) in [5, 5.41) is 0.511. The van der Waals surface area contributed by atoms with Gasteiger partial charge in [-0.2, -0.15) is 4.31 Å². The van der Waals surface area contributed by atoms with Gasteiger partial charge in [0.05, 0.1) is 11.5 Å². The van der Waals surface area contributed by atoms with Crippen molar-refractivity contribution >= 4 is 39.1 Å². The van der Waals surface area contributed by atoms with Gasteiger partial charge in [0.1, 0.15) is 6.04 Å². The summed E-state index contributed by atoms with van der Waals surface area (Å²) in [6.07, 6.45) is 2.88. The highest BCUT2D eigenvalue weighted by atomic mass is 35.5. The van der Waals surface area contributed by atoms with Crippen LogP contribution in [-0.4, -0.2) is 62.4 Å². The number of benzene rings is 1. The zero-order valence-corrected chi connectivity index (χ0v) is 18.4. The number of amides is 1. The first kappa shape index (κ1) is 21.8. The average Bonchev–Trinajstić information content (AvgIpc) is 2.72. The molecule has 2 bridgehead atoms. The molecule has 2 fully saturated rings. The largest absolute Gasteiger partial charge is 0.383 e. The van der Waals surface area contributed by atoms with Crippen LogP contribution in [0, 0.1) is 5.92 Å². The van der Waals surface area contributed by atoms with Gasteiger partial charge in [-0.1, -0.05) is 36.5 Å². The zero-order valence-electron chi connectivity index (χ0n) is 16.1. The van der Waals surface area contributed by atoms with Crippen molar-refractivity contribution in [3.05, 3.63) is 28.2 Å². The Morgan fingerprint density at radius 3 is 2.46 bits per heavy atom. The van der Waals surface area contributed by atoms with Gasteiger partial charge in [-0.3, -0.25) is 4.79 Å². The topological polar surface area (TPSA) is 66.9 Å². The maximum absolute atomic E-state index is 13.6. The number of hydrogen-bond donors (Lipinski definition) is 0.